The molecule has 13 heteroatoms. The Bertz CT molecular complexity index is 1290. The zero-order valence-electron chi connectivity index (χ0n) is 17.8. The number of fused-ring (bicyclic) bond motifs is 1. The van der Waals surface area contributed by atoms with E-state index in [1.165, 1.54) is 6.07 Å². The largest absolute Gasteiger partial charge is 0.417 e. The minimum atomic E-state index is -4.77. The summed E-state index contributed by atoms with van der Waals surface area (Å²) in [4.78, 5) is 26.2. The maximum absolute atomic E-state index is 14.4. The maximum Gasteiger partial charge on any atom is 0.417 e. The highest BCUT2D eigenvalue weighted by Crippen LogP contribution is 2.37. The first-order valence-electron chi connectivity index (χ1n) is 10.1. The molecule has 1 amide bonds. The molecule has 0 aromatic carbocycles. The molecule has 0 unspecified atom stereocenters. The average Bonchev–Trinajstić information content (AvgIpc) is 3.21. The van der Waals surface area contributed by atoms with Crippen molar-refractivity contribution in [2.24, 2.45) is 0 Å². The summed E-state index contributed by atoms with van der Waals surface area (Å²) in [5.41, 5.74) is -2.30. The Hall–Kier alpha value is -3.22. The first kappa shape index (κ1) is 24.9. The van der Waals surface area contributed by atoms with Crippen molar-refractivity contribution >= 4 is 23.4 Å². The van der Waals surface area contributed by atoms with Gasteiger partial charge in [0.25, 0.3) is 5.91 Å². The zero-order valence-corrected chi connectivity index (χ0v) is 18.7. The molecular formula is C22H15F7N4OS. The van der Waals surface area contributed by atoms with Crippen molar-refractivity contribution < 1.29 is 35.5 Å². The normalized spacial score (nSPS) is 13.8. The molecule has 5 nitrogen and oxygen atoms in total. The second kappa shape index (κ2) is 9.10. The predicted molar refractivity (Wildman–Crippen MR) is 113 cm³/mol. The molecule has 0 N–H and O–H groups in total. The second-order valence-electron chi connectivity index (χ2n) is 7.45. The number of nitrogens with zero attached hydrogens (tertiary/aromatic N) is 4. The molecule has 3 aromatic heterocycles. The van der Waals surface area contributed by atoms with E-state index in [9.17, 15) is 35.5 Å². The van der Waals surface area contributed by atoms with Gasteiger partial charge < -0.3 is 4.90 Å². The topological polar surface area (TPSA) is 59.0 Å². The molecule has 0 radical (unpaired) electrons. The van der Waals surface area contributed by atoms with Crippen LogP contribution >= 0.6 is 11.8 Å². The van der Waals surface area contributed by atoms with Crippen LogP contribution in [0.4, 0.5) is 36.4 Å². The van der Waals surface area contributed by atoms with Gasteiger partial charge in [0, 0.05) is 42.0 Å². The number of hydrogen-bond acceptors (Lipinski definition) is 5. The van der Waals surface area contributed by atoms with Gasteiger partial charge in [-0.2, -0.15) is 26.3 Å². The van der Waals surface area contributed by atoms with Crippen molar-refractivity contribution in [1.29, 1.82) is 0 Å². The predicted octanol–water partition coefficient (Wildman–Crippen LogP) is 6.03. The number of carbonyl (C=O) groups is 1. The number of carbonyl (C=O) groups excluding carboxylic acids is 1. The van der Waals surface area contributed by atoms with Crippen molar-refractivity contribution in [2.75, 3.05) is 17.2 Å². The fraction of sp³-hybridized carbons (Fsp3) is 0.273. The lowest BCUT2D eigenvalue weighted by Crippen LogP contribution is -2.30. The minimum Gasteiger partial charge on any atom is -0.305 e. The molecule has 0 atom stereocenters. The van der Waals surface area contributed by atoms with E-state index < -0.39 is 35.2 Å². The SMILES string of the molecule is CCSc1cc(-c2ncc(C(F)(F)F)cc2F)cnc1C(=O)N1CCc2ncc(C(F)(F)F)cc21. The van der Waals surface area contributed by atoms with Crippen LogP contribution in [0.2, 0.25) is 0 Å². The van der Waals surface area contributed by atoms with Crippen molar-refractivity contribution in [3.8, 4) is 11.3 Å². The Morgan fingerprint density at radius 3 is 2.26 bits per heavy atom. The van der Waals surface area contributed by atoms with Gasteiger partial charge in [-0.25, -0.2) is 9.37 Å². The number of aromatic nitrogens is 3. The van der Waals surface area contributed by atoms with E-state index in [0.29, 0.717) is 29.9 Å². The molecule has 1 aliphatic rings. The van der Waals surface area contributed by atoms with Gasteiger partial charge >= 0.3 is 12.4 Å². The number of pyridine rings is 3. The zero-order chi connectivity index (χ0) is 25.5. The van der Waals surface area contributed by atoms with Crippen molar-refractivity contribution in [2.45, 2.75) is 30.6 Å². The minimum absolute atomic E-state index is 0.0265. The van der Waals surface area contributed by atoms with Crippen LogP contribution in [0.15, 0.2) is 41.7 Å². The monoisotopic (exact) mass is 516 g/mol. The molecule has 4 heterocycles. The lowest BCUT2D eigenvalue weighted by Gasteiger charge is -2.19. The van der Waals surface area contributed by atoms with Gasteiger partial charge in [0.05, 0.1) is 22.5 Å². The molecule has 0 spiro atoms. The Morgan fingerprint density at radius 1 is 0.971 bits per heavy atom. The van der Waals surface area contributed by atoms with Crippen LogP contribution in [0, 0.1) is 5.82 Å². The van der Waals surface area contributed by atoms with Crippen molar-refractivity contribution in [3.63, 3.8) is 0 Å². The average molecular weight is 516 g/mol. The van der Waals surface area contributed by atoms with E-state index in [2.05, 4.69) is 15.0 Å². The molecule has 1 aliphatic heterocycles. The van der Waals surface area contributed by atoms with Gasteiger partial charge in [-0.15, -0.1) is 11.8 Å². The fourth-order valence-electron chi connectivity index (χ4n) is 3.55. The van der Waals surface area contributed by atoms with Crippen LogP contribution in [-0.4, -0.2) is 33.2 Å². The molecule has 0 aliphatic carbocycles. The van der Waals surface area contributed by atoms with E-state index in [1.54, 1.807) is 6.92 Å². The number of alkyl halides is 6. The first-order valence-corrected chi connectivity index (χ1v) is 11.1. The molecule has 0 saturated carbocycles. The fourth-order valence-corrected chi connectivity index (χ4v) is 4.34. The van der Waals surface area contributed by atoms with Gasteiger partial charge in [0.15, 0.2) is 0 Å². The summed E-state index contributed by atoms with van der Waals surface area (Å²) in [6.45, 7) is 1.87. The molecule has 0 fully saturated rings. The third-order valence-corrected chi connectivity index (χ3v) is 6.09. The van der Waals surface area contributed by atoms with E-state index in [1.807, 2.05) is 0 Å². The Balaban J connectivity index is 1.71. The summed E-state index contributed by atoms with van der Waals surface area (Å²) in [6, 6.07) is 2.55. The lowest BCUT2D eigenvalue weighted by atomic mass is 10.1. The number of hydrogen-bond donors (Lipinski definition) is 0. The van der Waals surface area contributed by atoms with Crippen molar-refractivity contribution in [1.82, 2.24) is 15.0 Å². The third-order valence-electron chi connectivity index (χ3n) is 5.18. The quantitative estimate of drug-likeness (QED) is 0.313. The van der Waals surface area contributed by atoms with E-state index in [-0.39, 0.29) is 40.5 Å². The number of halogens is 7. The molecule has 35 heavy (non-hydrogen) atoms. The summed E-state index contributed by atoms with van der Waals surface area (Å²) < 4.78 is 92.3. The molecular weight excluding hydrogens is 501 g/mol. The maximum atomic E-state index is 14.4. The smallest absolute Gasteiger partial charge is 0.305 e. The number of amides is 1. The Kier molecular flexibility index (Phi) is 6.47. The summed E-state index contributed by atoms with van der Waals surface area (Å²) in [7, 11) is 0. The number of thioether (sulfide) groups is 1. The van der Waals surface area contributed by atoms with Crippen molar-refractivity contribution in [3.05, 3.63) is 65.1 Å². The van der Waals surface area contributed by atoms with Crippen LogP contribution in [0.1, 0.15) is 34.2 Å². The summed E-state index contributed by atoms with van der Waals surface area (Å²) in [5, 5.41) is 0. The van der Waals surface area contributed by atoms with Crippen LogP contribution < -0.4 is 4.90 Å². The Morgan fingerprint density at radius 2 is 1.63 bits per heavy atom. The summed E-state index contributed by atoms with van der Waals surface area (Å²) in [6.07, 6.45) is -6.85. The standard InChI is InChI=1S/C22H15F7N4OS/c1-2-35-17-5-11(18-14(23)6-12(10-32-18)21(24,25)26)8-31-19(17)20(34)33-4-3-15-16(33)7-13(9-30-15)22(27,28)29/h5-10H,2-4H2,1H3. The molecule has 4 rings (SSSR count). The number of anilines is 1. The number of rotatable bonds is 4. The second-order valence-corrected chi connectivity index (χ2v) is 8.76. The summed E-state index contributed by atoms with van der Waals surface area (Å²) >= 11 is 1.16. The first-order chi connectivity index (χ1) is 16.4. The van der Waals surface area contributed by atoms with Gasteiger partial charge in [0.2, 0.25) is 0 Å². The summed E-state index contributed by atoms with van der Waals surface area (Å²) in [5.74, 6) is -1.43. The van der Waals surface area contributed by atoms with Gasteiger partial charge in [0.1, 0.15) is 17.2 Å². The highest BCUT2D eigenvalue weighted by Gasteiger charge is 2.36. The van der Waals surface area contributed by atoms with E-state index in [0.717, 1.165) is 28.9 Å². The van der Waals surface area contributed by atoms with E-state index in [4.69, 9.17) is 0 Å². The van der Waals surface area contributed by atoms with Gasteiger partial charge in [-0.1, -0.05) is 6.92 Å². The third kappa shape index (κ3) is 4.95. The molecule has 0 saturated heterocycles. The highest BCUT2D eigenvalue weighted by atomic mass is 32.2. The van der Waals surface area contributed by atoms with Gasteiger partial charge in [-0.3, -0.25) is 14.8 Å². The molecule has 184 valence electrons. The molecule has 0 bridgehead atoms. The van der Waals surface area contributed by atoms with Crippen LogP contribution in [0.5, 0.6) is 0 Å². The van der Waals surface area contributed by atoms with Crippen LogP contribution in [0.25, 0.3) is 11.3 Å². The lowest BCUT2D eigenvalue weighted by molar-refractivity contribution is -0.138. The highest BCUT2D eigenvalue weighted by molar-refractivity contribution is 7.99. The van der Waals surface area contributed by atoms with Crippen LogP contribution in [0.3, 0.4) is 0 Å². The van der Waals surface area contributed by atoms with Gasteiger partial charge in [-0.05, 0) is 24.0 Å². The Labute approximate surface area is 198 Å². The molecule has 3 aromatic rings. The van der Waals surface area contributed by atoms with E-state index >= 15 is 0 Å². The van der Waals surface area contributed by atoms with Crippen LogP contribution in [-0.2, 0) is 18.8 Å².